The molecule has 0 atom stereocenters. The van der Waals surface area contributed by atoms with Crippen molar-refractivity contribution in [3.05, 3.63) is 54.1 Å². The lowest BCUT2D eigenvalue weighted by Gasteiger charge is -2.19. The van der Waals surface area contributed by atoms with Gasteiger partial charge >= 0.3 is 0 Å². The molecule has 21 heavy (non-hydrogen) atoms. The van der Waals surface area contributed by atoms with Crippen LogP contribution >= 0.6 is 0 Å². The maximum Gasteiger partial charge on any atom is 0.243 e. The highest BCUT2D eigenvalue weighted by Crippen LogP contribution is 2.18. The molecule has 0 radical (unpaired) electrons. The van der Waals surface area contributed by atoms with E-state index in [4.69, 9.17) is 5.73 Å². The van der Waals surface area contributed by atoms with Crippen LogP contribution in [0.15, 0.2) is 42.5 Å². The molecule has 2 aromatic carbocycles. The monoisotopic (exact) mass is 291 g/mol. The highest BCUT2D eigenvalue weighted by atomic mass is 19.1. The molecule has 0 saturated carbocycles. The van der Waals surface area contributed by atoms with Crippen molar-refractivity contribution in [3.8, 4) is 0 Å². The molecule has 0 heterocycles. The maximum absolute atomic E-state index is 13.6. The predicted molar refractivity (Wildman–Crippen MR) is 79.1 cm³/mol. The van der Waals surface area contributed by atoms with E-state index < -0.39 is 11.6 Å². The van der Waals surface area contributed by atoms with Crippen LogP contribution in [-0.2, 0) is 4.79 Å². The van der Waals surface area contributed by atoms with Crippen LogP contribution in [0.2, 0.25) is 0 Å². The summed E-state index contributed by atoms with van der Waals surface area (Å²) in [5, 5.41) is 2.58. The van der Waals surface area contributed by atoms with Gasteiger partial charge in [-0.05, 0) is 30.3 Å². The van der Waals surface area contributed by atoms with Crippen molar-refractivity contribution in [2.24, 2.45) is 0 Å². The number of nitrogen functional groups attached to an aromatic ring is 1. The standard InChI is InChI=1S/C15H15F2N3O/c1-20(14-5-3-2-4-12(14)17)9-15(21)19-10-6-7-11(16)13(18)8-10/h2-8H,9,18H2,1H3,(H,19,21). The number of nitrogens with two attached hydrogens (primary N) is 1. The number of amides is 1. The number of likely N-dealkylation sites (N-methyl/N-ethyl adjacent to an activating group) is 1. The van der Waals surface area contributed by atoms with Crippen LogP contribution in [0, 0.1) is 11.6 Å². The largest absolute Gasteiger partial charge is 0.396 e. The molecule has 0 aliphatic rings. The average molecular weight is 291 g/mol. The van der Waals surface area contributed by atoms with Crippen LogP contribution in [0.4, 0.5) is 25.8 Å². The summed E-state index contributed by atoms with van der Waals surface area (Å²) in [6.45, 7) is -0.0434. The summed E-state index contributed by atoms with van der Waals surface area (Å²) in [7, 11) is 1.61. The van der Waals surface area contributed by atoms with E-state index in [0.29, 0.717) is 11.4 Å². The molecule has 0 aromatic heterocycles. The third-order valence-corrected chi connectivity index (χ3v) is 2.92. The first-order chi connectivity index (χ1) is 9.97. The molecule has 0 aliphatic carbocycles. The van der Waals surface area contributed by atoms with E-state index in [0.717, 1.165) is 0 Å². The molecule has 0 spiro atoms. The fourth-order valence-electron chi connectivity index (χ4n) is 1.88. The molecular formula is C15H15F2N3O. The second-order valence-electron chi connectivity index (χ2n) is 4.59. The first kappa shape index (κ1) is 14.8. The maximum atomic E-state index is 13.6. The van der Waals surface area contributed by atoms with Crippen molar-refractivity contribution in [1.29, 1.82) is 0 Å². The minimum Gasteiger partial charge on any atom is -0.396 e. The molecular weight excluding hydrogens is 276 g/mol. The minimum absolute atomic E-state index is 0.0434. The quantitative estimate of drug-likeness (QED) is 0.851. The summed E-state index contributed by atoms with van der Waals surface area (Å²) in [5.41, 5.74) is 6.09. The second-order valence-corrected chi connectivity index (χ2v) is 4.59. The number of para-hydroxylation sites is 1. The lowest BCUT2D eigenvalue weighted by molar-refractivity contribution is -0.114. The van der Waals surface area contributed by atoms with Gasteiger partial charge in [-0.1, -0.05) is 12.1 Å². The fraction of sp³-hybridized carbons (Fsp3) is 0.133. The summed E-state index contributed by atoms with van der Waals surface area (Å²) in [5.74, 6) is -1.30. The van der Waals surface area contributed by atoms with E-state index in [9.17, 15) is 13.6 Å². The van der Waals surface area contributed by atoms with Gasteiger partial charge < -0.3 is 16.0 Å². The lowest BCUT2D eigenvalue weighted by Crippen LogP contribution is -2.30. The minimum atomic E-state index is -0.545. The highest BCUT2D eigenvalue weighted by molar-refractivity contribution is 5.94. The fourth-order valence-corrected chi connectivity index (χ4v) is 1.88. The number of nitrogens with one attached hydrogen (secondary N) is 1. The summed E-state index contributed by atoms with van der Waals surface area (Å²) >= 11 is 0. The second kappa shape index (κ2) is 6.21. The number of halogens is 2. The Morgan fingerprint density at radius 1 is 1.19 bits per heavy atom. The van der Waals surface area contributed by atoms with Gasteiger partial charge in [-0.25, -0.2) is 8.78 Å². The first-order valence-electron chi connectivity index (χ1n) is 6.28. The van der Waals surface area contributed by atoms with Crippen molar-refractivity contribution >= 4 is 23.0 Å². The van der Waals surface area contributed by atoms with Crippen LogP contribution in [0.1, 0.15) is 0 Å². The van der Waals surface area contributed by atoms with Crippen molar-refractivity contribution in [1.82, 2.24) is 0 Å². The lowest BCUT2D eigenvalue weighted by atomic mass is 10.2. The number of rotatable bonds is 4. The third kappa shape index (κ3) is 3.68. The van der Waals surface area contributed by atoms with Crippen LogP contribution < -0.4 is 16.0 Å². The number of carbonyl (C=O) groups excluding carboxylic acids is 1. The number of benzene rings is 2. The smallest absolute Gasteiger partial charge is 0.243 e. The van der Waals surface area contributed by atoms with Gasteiger partial charge in [-0.15, -0.1) is 0 Å². The molecule has 110 valence electrons. The van der Waals surface area contributed by atoms with Crippen molar-refractivity contribution in [2.75, 3.05) is 29.5 Å². The summed E-state index contributed by atoms with van der Waals surface area (Å²) in [6, 6.07) is 10.1. The van der Waals surface area contributed by atoms with Crippen molar-refractivity contribution < 1.29 is 13.6 Å². The van der Waals surface area contributed by atoms with Gasteiger partial charge in [0.2, 0.25) is 5.91 Å². The van der Waals surface area contributed by atoms with E-state index in [1.54, 1.807) is 25.2 Å². The van der Waals surface area contributed by atoms with Crippen LogP contribution in [0.5, 0.6) is 0 Å². The van der Waals surface area contributed by atoms with E-state index in [-0.39, 0.29) is 18.1 Å². The van der Waals surface area contributed by atoms with Gasteiger partial charge in [0.1, 0.15) is 11.6 Å². The summed E-state index contributed by atoms with van der Waals surface area (Å²) in [4.78, 5) is 13.4. The molecule has 4 nitrogen and oxygen atoms in total. The number of hydrogen-bond donors (Lipinski definition) is 2. The number of carbonyl (C=O) groups is 1. The van der Waals surface area contributed by atoms with E-state index >= 15 is 0 Å². The number of hydrogen-bond acceptors (Lipinski definition) is 3. The topological polar surface area (TPSA) is 58.4 Å². The number of nitrogens with zero attached hydrogens (tertiary/aromatic N) is 1. The Kier molecular flexibility index (Phi) is 4.37. The van der Waals surface area contributed by atoms with E-state index in [2.05, 4.69) is 5.32 Å². The Morgan fingerprint density at radius 2 is 1.90 bits per heavy atom. The Morgan fingerprint density at radius 3 is 2.57 bits per heavy atom. The first-order valence-corrected chi connectivity index (χ1v) is 6.28. The average Bonchev–Trinajstić information content (AvgIpc) is 2.43. The Hall–Kier alpha value is -2.63. The zero-order valence-electron chi connectivity index (χ0n) is 11.4. The SMILES string of the molecule is CN(CC(=O)Nc1ccc(F)c(N)c1)c1ccccc1F. The Balaban J connectivity index is 2.01. The molecule has 3 N–H and O–H groups in total. The van der Waals surface area contributed by atoms with Gasteiger partial charge in [0.25, 0.3) is 0 Å². The zero-order valence-corrected chi connectivity index (χ0v) is 11.4. The molecule has 0 aliphatic heterocycles. The molecule has 0 unspecified atom stereocenters. The molecule has 2 rings (SSSR count). The predicted octanol–water partition coefficient (Wildman–Crippen LogP) is 2.62. The highest BCUT2D eigenvalue weighted by Gasteiger charge is 2.11. The zero-order chi connectivity index (χ0) is 15.4. The molecule has 2 aromatic rings. The van der Waals surface area contributed by atoms with Crippen LogP contribution in [0.25, 0.3) is 0 Å². The Labute approximate surface area is 121 Å². The van der Waals surface area contributed by atoms with Crippen LogP contribution in [0.3, 0.4) is 0 Å². The van der Waals surface area contributed by atoms with Crippen molar-refractivity contribution in [3.63, 3.8) is 0 Å². The summed E-state index contributed by atoms with van der Waals surface area (Å²) < 4.78 is 26.6. The molecule has 6 heteroatoms. The van der Waals surface area contributed by atoms with Gasteiger partial charge in [0.15, 0.2) is 0 Å². The van der Waals surface area contributed by atoms with Gasteiger partial charge in [-0.2, -0.15) is 0 Å². The van der Waals surface area contributed by atoms with Gasteiger partial charge in [-0.3, -0.25) is 4.79 Å². The Bertz CT molecular complexity index is 661. The normalized spacial score (nSPS) is 10.2. The van der Waals surface area contributed by atoms with Crippen LogP contribution in [-0.4, -0.2) is 19.5 Å². The third-order valence-electron chi connectivity index (χ3n) is 2.92. The molecule has 0 bridgehead atoms. The summed E-state index contributed by atoms with van der Waals surface area (Å²) in [6.07, 6.45) is 0. The van der Waals surface area contributed by atoms with Gasteiger partial charge in [0.05, 0.1) is 17.9 Å². The molecule has 0 fully saturated rings. The van der Waals surface area contributed by atoms with E-state index in [1.807, 2.05) is 0 Å². The molecule has 0 saturated heterocycles. The van der Waals surface area contributed by atoms with Crippen molar-refractivity contribution in [2.45, 2.75) is 0 Å². The van der Waals surface area contributed by atoms with E-state index in [1.165, 1.54) is 29.2 Å². The van der Waals surface area contributed by atoms with Gasteiger partial charge in [0, 0.05) is 12.7 Å². The molecule has 1 amide bonds. The number of anilines is 3.